The van der Waals surface area contributed by atoms with Crippen molar-refractivity contribution in [3.8, 4) is 0 Å². The Morgan fingerprint density at radius 3 is 0.613 bits per heavy atom. The van der Waals surface area contributed by atoms with Crippen LogP contribution >= 0.6 is 0 Å². The molecular weight excluding hydrogens is 769 g/mol. The monoisotopic (exact) mass is 911 g/mol. The molecule has 0 aromatic heterocycles. The highest BCUT2D eigenvalue weighted by atomic mass is 16.5. The Morgan fingerprint density at radius 1 is 0.355 bits per heavy atom. The van der Waals surface area contributed by atoms with Crippen molar-refractivity contribution in [2.45, 2.75) is 306 Å². The maximum Gasteiger partial charge on any atom is 0.0670 e. The van der Waals surface area contributed by atoms with E-state index < -0.39 is 31.9 Å². The lowest BCUT2D eigenvalue weighted by Gasteiger charge is -2.37. The van der Waals surface area contributed by atoms with Gasteiger partial charge in [-0.05, 0) is 107 Å². The molecule has 0 unspecified atom stereocenters. The summed E-state index contributed by atoms with van der Waals surface area (Å²) in [4.78, 5) is 0. The summed E-state index contributed by atoms with van der Waals surface area (Å²) in [6, 6.07) is 0. The molecule has 0 bridgehead atoms. The highest BCUT2D eigenvalue weighted by Crippen LogP contribution is 2.32. The summed E-state index contributed by atoms with van der Waals surface area (Å²) in [5.74, 6) is 0. The predicted molar refractivity (Wildman–Crippen MR) is 289 cm³/mol. The lowest BCUT2D eigenvalue weighted by Crippen LogP contribution is -2.38. The standard InChI is InChI=1S/3C8H18O.4C5H12.3C4H10O/c2*1-7(2,3)8(4,5)9-6;1-7(2,3)9-8(4,5)6;4*1-3-5-4-2;2*1-3-4-5-2;1-3-5-4-2/h3*1-6H3;4*3-5H2,1-2H3;3*3-4H2,1-2H3/i;;;3D2,4D2;5D2;2*3D2;;;. The van der Waals surface area contributed by atoms with Crippen LogP contribution in [0.1, 0.15) is 297 Å². The van der Waals surface area contributed by atoms with Crippen LogP contribution in [0, 0.1) is 10.8 Å². The summed E-state index contributed by atoms with van der Waals surface area (Å²) in [7, 11) is 6.93. The molecule has 6 heteroatoms. The molecule has 6 nitrogen and oxygen atoms in total. The Balaban J connectivity index is -0.0000000747. The molecule has 0 atom stereocenters. The van der Waals surface area contributed by atoms with Crippen molar-refractivity contribution in [3.63, 3.8) is 0 Å². The van der Waals surface area contributed by atoms with Gasteiger partial charge in [-0.15, -0.1) is 0 Å². The van der Waals surface area contributed by atoms with Crippen LogP contribution in [0.3, 0.4) is 0 Å². The molecule has 62 heavy (non-hydrogen) atoms. The summed E-state index contributed by atoms with van der Waals surface area (Å²) in [6.07, 6.45) is 1.08. The molecule has 0 aromatic carbocycles. The fourth-order valence-electron chi connectivity index (χ4n) is 3.07. The number of hydrogen-bond acceptors (Lipinski definition) is 6. The van der Waals surface area contributed by atoms with E-state index in [0.717, 1.165) is 52.1 Å². The van der Waals surface area contributed by atoms with Crippen molar-refractivity contribution in [2.24, 2.45) is 10.8 Å². The van der Waals surface area contributed by atoms with Crippen molar-refractivity contribution in [1.82, 2.24) is 0 Å². The zero-order chi connectivity index (χ0) is 60.9. The molecule has 0 fully saturated rings. The van der Waals surface area contributed by atoms with E-state index in [1.165, 1.54) is 13.8 Å². The summed E-state index contributed by atoms with van der Waals surface area (Å²) in [5, 5.41) is 0. The molecule has 0 heterocycles. The first-order valence-corrected chi connectivity index (χ1v) is 23.9. The number of ether oxygens (including phenoxy) is 6. The average Bonchev–Trinajstić information content (AvgIpc) is 3.13. The number of hydrogen-bond donors (Lipinski definition) is 0. The lowest BCUT2D eigenvalue weighted by molar-refractivity contribution is -0.102. The summed E-state index contributed by atoms with van der Waals surface area (Å²) < 4.78 is 101. The van der Waals surface area contributed by atoms with E-state index in [9.17, 15) is 0 Å². The van der Waals surface area contributed by atoms with Gasteiger partial charge in [0.2, 0.25) is 0 Å². The van der Waals surface area contributed by atoms with E-state index in [1.807, 2.05) is 41.5 Å². The molecule has 0 radical (unpaired) electrons. The molecule has 0 aromatic rings. The molecule has 0 spiro atoms. The van der Waals surface area contributed by atoms with Crippen molar-refractivity contribution in [2.75, 3.05) is 54.9 Å². The van der Waals surface area contributed by atoms with Crippen LogP contribution in [0.5, 0.6) is 0 Å². The van der Waals surface area contributed by atoms with E-state index >= 15 is 0 Å². The van der Waals surface area contributed by atoms with Gasteiger partial charge < -0.3 is 28.4 Å². The second-order valence-corrected chi connectivity index (χ2v) is 19.1. The lowest BCUT2D eigenvalue weighted by atomic mass is 9.79. The minimum atomic E-state index is -1.39. The van der Waals surface area contributed by atoms with Crippen molar-refractivity contribution >= 4 is 0 Å². The Bertz CT molecular complexity index is 954. The molecule has 392 valence electrons. The van der Waals surface area contributed by atoms with Crippen LogP contribution in [0.2, 0.25) is 0 Å². The minimum absolute atomic E-state index is 0.0156. The second kappa shape index (κ2) is 60.8. The largest absolute Gasteiger partial charge is 0.385 e. The van der Waals surface area contributed by atoms with E-state index in [1.54, 1.807) is 42.3 Å². The maximum absolute atomic E-state index is 7.09. The molecule has 0 rings (SSSR count). The van der Waals surface area contributed by atoms with E-state index in [4.69, 9.17) is 42.1 Å². The van der Waals surface area contributed by atoms with Gasteiger partial charge in [0.15, 0.2) is 0 Å². The number of rotatable bonds is 16. The fraction of sp³-hybridized carbons (Fsp3) is 1.00. The molecular formula is C56H132O6. The topological polar surface area (TPSA) is 55.4 Å². The SMILES string of the molecule is CC(C)(C)OC(C)(C)C.CCCOC.CCCOC.CCOCC.COC(C)(C)C(C)(C)C.COC(C)(C)C(C)(C)C.[2H]C([2H])(C)CC([2H])([2H])C.[2H]C([2H])(C)CCC.[2H]C([2H])(C)CCC.[2H]C([2H])(CC)CC. The third kappa shape index (κ3) is 108. The Labute approximate surface area is 413 Å². The van der Waals surface area contributed by atoms with Crippen LogP contribution in [-0.2, 0) is 28.4 Å². The van der Waals surface area contributed by atoms with Gasteiger partial charge in [0.25, 0.3) is 0 Å². The maximum atomic E-state index is 7.09. The van der Waals surface area contributed by atoms with E-state index in [0.29, 0.717) is 25.7 Å². The van der Waals surface area contributed by atoms with Gasteiger partial charge in [0.05, 0.1) is 22.4 Å². The van der Waals surface area contributed by atoms with Crippen LogP contribution in [0.4, 0.5) is 0 Å². The first-order valence-electron chi connectivity index (χ1n) is 28.9. The third-order valence-corrected chi connectivity index (χ3v) is 8.32. The zero-order valence-electron chi connectivity index (χ0n) is 59.1. The van der Waals surface area contributed by atoms with Crippen LogP contribution < -0.4 is 0 Å². The molecule has 0 N–H and O–H groups in total. The normalized spacial score (nSPS) is 14.4. The Hall–Kier alpha value is -0.240. The van der Waals surface area contributed by atoms with Gasteiger partial charge in [0, 0.05) is 68.6 Å². The summed E-state index contributed by atoms with van der Waals surface area (Å²) >= 11 is 0. The molecule has 0 amide bonds. The minimum Gasteiger partial charge on any atom is -0.385 e. The van der Waals surface area contributed by atoms with Crippen molar-refractivity contribution < 1.29 is 42.1 Å². The molecule has 0 aliphatic carbocycles. The first-order chi connectivity index (χ1) is 31.5. The smallest absolute Gasteiger partial charge is 0.0670 e. The third-order valence-electron chi connectivity index (χ3n) is 8.32. The Morgan fingerprint density at radius 2 is 0.613 bits per heavy atom. The second-order valence-electron chi connectivity index (χ2n) is 19.1. The molecule has 0 saturated carbocycles. The first kappa shape index (κ1) is 59.8. The van der Waals surface area contributed by atoms with Crippen LogP contribution in [0.25, 0.3) is 0 Å². The summed E-state index contributed by atoms with van der Waals surface area (Å²) in [6.45, 7) is 59.2. The quantitative estimate of drug-likeness (QED) is 0.154. The van der Waals surface area contributed by atoms with Crippen molar-refractivity contribution in [1.29, 1.82) is 0 Å². The predicted octanol–water partition coefficient (Wildman–Crippen LogP) is 19.4. The molecule has 0 aliphatic heterocycles. The molecule has 0 aliphatic rings. The average molecular weight is 912 g/mol. The summed E-state index contributed by atoms with van der Waals surface area (Å²) in [5.41, 5.74) is 0.375. The van der Waals surface area contributed by atoms with Gasteiger partial charge in [-0.3, -0.25) is 0 Å². The fourth-order valence-corrected chi connectivity index (χ4v) is 3.07. The van der Waals surface area contributed by atoms with Gasteiger partial charge in [0.1, 0.15) is 0 Å². The van der Waals surface area contributed by atoms with Gasteiger partial charge in [-0.25, -0.2) is 0 Å². The Kier molecular flexibility index (Phi) is 58.6. The van der Waals surface area contributed by atoms with Crippen LogP contribution in [-0.4, -0.2) is 77.3 Å². The van der Waals surface area contributed by atoms with Crippen molar-refractivity contribution in [3.05, 3.63) is 0 Å². The number of methoxy groups -OCH3 is 4. The van der Waals surface area contributed by atoms with Gasteiger partial charge in [-0.1, -0.05) is 188 Å². The van der Waals surface area contributed by atoms with E-state index in [-0.39, 0.29) is 39.7 Å². The highest BCUT2D eigenvalue weighted by molar-refractivity contribution is 4.83. The van der Waals surface area contributed by atoms with Crippen LogP contribution in [0.15, 0.2) is 0 Å². The van der Waals surface area contributed by atoms with E-state index in [2.05, 4.69) is 125 Å². The highest BCUT2D eigenvalue weighted by Gasteiger charge is 2.32. The zero-order valence-corrected chi connectivity index (χ0v) is 49.1. The van der Waals surface area contributed by atoms with Gasteiger partial charge >= 0.3 is 0 Å². The molecule has 0 saturated heterocycles. The van der Waals surface area contributed by atoms with Gasteiger partial charge in [-0.2, -0.15) is 0 Å².